The standard InChI is InChI=1S/C13H21N3O2/c1-10(9-15(3)4)14-8-12-6-5-7-13(11(12)2)16(17)18/h5-7,10,14H,8-9H2,1-4H3. The van der Waals surface area contributed by atoms with Crippen LogP contribution in [0.2, 0.25) is 0 Å². The van der Waals surface area contributed by atoms with Gasteiger partial charge in [-0.2, -0.15) is 0 Å². The molecule has 18 heavy (non-hydrogen) atoms. The molecule has 1 N–H and O–H groups in total. The number of nitro benzene ring substituents is 1. The summed E-state index contributed by atoms with van der Waals surface area (Å²) in [6, 6.07) is 5.55. The highest BCUT2D eigenvalue weighted by Crippen LogP contribution is 2.20. The summed E-state index contributed by atoms with van der Waals surface area (Å²) in [6.07, 6.45) is 0. The summed E-state index contributed by atoms with van der Waals surface area (Å²) >= 11 is 0. The van der Waals surface area contributed by atoms with E-state index in [1.165, 1.54) is 0 Å². The number of benzene rings is 1. The quantitative estimate of drug-likeness (QED) is 0.620. The van der Waals surface area contributed by atoms with Crippen LogP contribution in [0.4, 0.5) is 5.69 Å². The molecule has 100 valence electrons. The van der Waals surface area contributed by atoms with E-state index in [1.54, 1.807) is 19.1 Å². The molecule has 0 aliphatic heterocycles. The first-order valence-corrected chi connectivity index (χ1v) is 6.02. The summed E-state index contributed by atoms with van der Waals surface area (Å²) in [5.74, 6) is 0. The number of rotatable bonds is 6. The number of likely N-dealkylation sites (N-methyl/N-ethyl adjacent to an activating group) is 1. The van der Waals surface area contributed by atoms with E-state index in [4.69, 9.17) is 0 Å². The monoisotopic (exact) mass is 251 g/mol. The Morgan fingerprint density at radius 3 is 2.67 bits per heavy atom. The fourth-order valence-corrected chi connectivity index (χ4v) is 1.96. The molecular weight excluding hydrogens is 230 g/mol. The molecule has 0 saturated heterocycles. The molecule has 5 nitrogen and oxygen atoms in total. The van der Waals surface area contributed by atoms with Crippen molar-refractivity contribution in [2.45, 2.75) is 26.4 Å². The molecule has 5 heteroatoms. The van der Waals surface area contributed by atoms with E-state index in [0.717, 1.165) is 17.7 Å². The lowest BCUT2D eigenvalue weighted by Crippen LogP contribution is -2.35. The van der Waals surface area contributed by atoms with Gasteiger partial charge in [-0.05, 0) is 33.5 Å². The second-order valence-electron chi connectivity index (χ2n) is 4.86. The SMILES string of the molecule is Cc1c(CNC(C)CN(C)C)cccc1[N+](=O)[O-]. The average Bonchev–Trinajstić information content (AvgIpc) is 2.26. The zero-order valence-electron chi connectivity index (χ0n) is 11.4. The maximum atomic E-state index is 10.8. The van der Waals surface area contributed by atoms with Gasteiger partial charge in [-0.1, -0.05) is 12.1 Å². The summed E-state index contributed by atoms with van der Waals surface area (Å²) < 4.78 is 0. The van der Waals surface area contributed by atoms with Gasteiger partial charge in [0, 0.05) is 30.8 Å². The predicted octanol–water partition coefficient (Wildman–Crippen LogP) is 1.94. The van der Waals surface area contributed by atoms with Gasteiger partial charge in [-0.3, -0.25) is 10.1 Å². The minimum atomic E-state index is -0.331. The highest BCUT2D eigenvalue weighted by atomic mass is 16.6. The first-order chi connectivity index (χ1) is 8.41. The van der Waals surface area contributed by atoms with Crippen molar-refractivity contribution < 1.29 is 4.92 Å². The Labute approximate surface area is 108 Å². The predicted molar refractivity (Wildman–Crippen MR) is 72.7 cm³/mol. The fraction of sp³-hybridized carbons (Fsp3) is 0.538. The van der Waals surface area contributed by atoms with Crippen molar-refractivity contribution in [1.82, 2.24) is 10.2 Å². The molecule has 1 unspecified atom stereocenters. The van der Waals surface area contributed by atoms with Crippen LogP contribution in [0.3, 0.4) is 0 Å². The van der Waals surface area contributed by atoms with E-state index in [-0.39, 0.29) is 10.6 Å². The molecule has 0 aliphatic rings. The molecule has 0 aliphatic carbocycles. The molecule has 0 bridgehead atoms. The van der Waals surface area contributed by atoms with E-state index < -0.39 is 0 Å². The van der Waals surface area contributed by atoms with Crippen LogP contribution in [0, 0.1) is 17.0 Å². The third kappa shape index (κ3) is 4.09. The Balaban J connectivity index is 2.68. The van der Waals surface area contributed by atoms with Gasteiger partial charge in [0.05, 0.1) is 4.92 Å². The summed E-state index contributed by atoms with van der Waals surface area (Å²) in [5.41, 5.74) is 1.91. The average molecular weight is 251 g/mol. The van der Waals surface area contributed by atoms with Crippen LogP contribution >= 0.6 is 0 Å². The van der Waals surface area contributed by atoms with Crippen molar-refractivity contribution in [3.05, 3.63) is 39.4 Å². The van der Waals surface area contributed by atoms with Crippen molar-refractivity contribution in [2.24, 2.45) is 0 Å². The highest BCUT2D eigenvalue weighted by molar-refractivity contribution is 5.44. The number of nitrogens with zero attached hydrogens (tertiary/aromatic N) is 2. The number of hydrogen-bond donors (Lipinski definition) is 1. The zero-order valence-corrected chi connectivity index (χ0v) is 11.4. The van der Waals surface area contributed by atoms with Crippen molar-refractivity contribution in [1.29, 1.82) is 0 Å². The minimum Gasteiger partial charge on any atom is -0.309 e. The van der Waals surface area contributed by atoms with Gasteiger partial charge in [-0.15, -0.1) is 0 Å². The first kappa shape index (κ1) is 14.6. The van der Waals surface area contributed by atoms with Crippen molar-refractivity contribution in [2.75, 3.05) is 20.6 Å². The van der Waals surface area contributed by atoms with Gasteiger partial charge in [0.25, 0.3) is 5.69 Å². The topological polar surface area (TPSA) is 58.4 Å². The molecule has 0 amide bonds. The summed E-state index contributed by atoms with van der Waals surface area (Å²) in [4.78, 5) is 12.6. The van der Waals surface area contributed by atoms with Gasteiger partial charge in [0.1, 0.15) is 0 Å². The zero-order chi connectivity index (χ0) is 13.7. The van der Waals surface area contributed by atoms with Crippen LogP contribution in [0.25, 0.3) is 0 Å². The molecule has 0 saturated carbocycles. The van der Waals surface area contributed by atoms with Crippen molar-refractivity contribution >= 4 is 5.69 Å². The fourth-order valence-electron chi connectivity index (χ4n) is 1.96. The lowest BCUT2D eigenvalue weighted by atomic mass is 10.1. The van der Waals surface area contributed by atoms with Crippen LogP contribution in [0.15, 0.2) is 18.2 Å². The van der Waals surface area contributed by atoms with Crippen LogP contribution in [-0.2, 0) is 6.54 Å². The largest absolute Gasteiger partial charge is 0.309 e. The van der Waals surface area contributed by atoms with Crippen LogP contribution in [0.1, 0.15) is 18.1 Å². The van der Waals surface area contributed by atoms with Gasteiger partial charge >= 0.3 is 0 Å². The van der Waals surface area contributed by atoms with E-state index >= 15 is 0 Å². The Kier molecular flexibility index (Phi) is 5.25. The Morgan fingerprint density at radius 1 is 1.44 bits per heavy atom. The smallest absolute Gasteiger partial charge is 0.272 e. The van der Waals surface area contributed by atoms with Crippen molar-refractivity contribution in [3.8, 4) is 0 Å². The molecular formula is C13H21N3O2. The van der Waals surface area contributed by atoms with E-state index in [1.807, 2.05) is 20.2 Å². The van der Waals surface area contributed by atoms with Crippen LogP contribution in [0.5, 0.6) is 0 Å². The van der Waals surface area contributed by atoms with Crippen LogP contribution < -0.4 is 5.32 Å². The minimum absolute atomic E-state index is 0.189. The van der Waals surface area contributed by atoms with E-state index in [2.05, 4.69) is 17.1 Å². The molecule has 1 atom stereocenters. The van der Waals surface area contributed by atoms with Gasteiger partial charge in [0.2, 0.25) is 0 Å². The number of nitro groups is 1. The lowest BCUT2D eigenvalue weighted by molar-refractivity contribution is -0.385. The van der Waals surface area contributed by atoms with Gasteiger partial charge in [-0.25, -0.2) is 0 Å². The second kappa shape index (κ2) is 6.47. The summed E-state index contributed by atoms with van der Waals surface area (Å²) in [7, 11) is 4.05. The van der Waals surface area contributed by atoms with Crippen molar-refractivity contribution in [3.63, 3.8) is 0 Å². The third-order valence-corrected chi connectivity index (χ3v) is 2.89. The maximum absolute atomic E-state index is 10.8. The van der Waals surface area contributed by atoms with Gasteiger partial charge in [0.15, 0.2) is 0 Å². The third-order valence-electron chi connectivity index (χ3n) is 2.89. The van der Waals surface area contributed by atoms with Gasteiger partial charge < -0.3 is 10.2 Å². The lowest BCUT2D eigenvalue weighted by Gasteiger charge is -2.18. The van der Waals surface area contributed by atoms with E-state index in [0.29, 0.717) is 12.6 Å². The molecule has 1 rings (SSSR count). The molecule has 0 heterocycles. The van der Waals surface area contributed by atoms with Crippen LogP contribution in [-0.4, -0.2) is 36.5 Å². The summed E-state index contributed by atoms with van der Waals surface area (Å²) in [6.45, 7) is 5.49. The molecule has 0 spiro atoms. The number of hydrogen-bond acceptors (Lipinski definition) is 4. The number of nitrogens with one attached hydrogen (secondary N) is 1. The molecule has 0 radical (unpaired) electrons. The Bertz CT molecular complexity index is 419. The summed E-state index contributed by atoms with van der Waals surface area (Å²) in [5, 5.41) is 14.2. The molecule has 0 aromatic heterocycles. The molecule has 0 fully saturated rings. The van der Waals surface area contributed by atoms with E-state index in [9.17, 15) is 10.1 Å². The molecule has 1 aromatic carbocycles. The Morgan fingerprint density at radius 2 is 2.11 bits per heavy atom. The molecule has 1 aromatic rings. The first-order valence-electron chi connectivity index (χ1n) is 6.02. The maximum Gasteiger partial charge on any atom is 0.272 e. The normalized spacial score (nSPS) is 12.7. The second-order valence-corrected chi connectivity index (χ2v) is 4.86. The Hall–Kier alpha value is -1.46. The highest BCUT2D eigenvalue weighted by Gasteiger charge is 2.13.